The Bertz CT molecular complexity index is 3100. The van der Waals surface area contributed by atoms with Gasteiger partial charge in [0, 0.05) is 62.6 Å². The second kappa shape index (κ2) is 11.3. The van der Waals surface area contributed by atoms with Crippen molar-refractivity contribution in [1.29, 1.82) is 0 Å². The molecular formula is C51H28O2S2. The number of ketones is 2. The van der Waals surface area contributed by atoms with Crippen LogP contribution in [0.4, 0.5) is 0 Å². The van der Waals surface area contributed by atoms with Crippen molar-refractivity contribution in [2.75, 3.05) is 0 Å². The first kappa shape index (κ1) is 30.9. The molecule has 2 heterocycles. The van der Waals surface area contributed by atoms with Crippen LogP contribution in [0, 0.1) is 0 Å². The highest BCUT2D eigenvalue weighted by Gasteiger charge is 2.52. The van der Waals surface area contributed by atoms with Crippen LogP contribution in [-0.4, -0.2) is 11.6 Å². The molecule has 2 aromatic heterocycles. The van der Waals surface area contributed by atoms with Gasteiger partial charge in [-0.2, -0.15) is 0 Å². The number of carbonyl (C=O) groups excluding carboxylic acids is 2. The van der Waals surface area contributed by atoms with Gasteiger partial charge in [0.05, 0.1) is 5.41 Å². The summed E-state index contributed by atoms with van der Waals surface area (Å²) in [6.45, 7) is 0. The molecule has 2 nitrogen and oxygen atoms in total. The fraction of sp³-hybridized carbons (Fsp3) is 0.0196. The molecule has 2 aliphatic rings. The number of fused-ring (bicyclic) bond motifs is 16. The summed E-state index contributed by atoms with van der Waals surface area (Å²) in [6.07, 6.45) is 0. The largest absolute Gasteiger partial charge is 0.289 e. The van der Waals surface area contributed by atoms with Crippen molar-refractivity contribution in [2.45, 2.75) is 5.41 Å². The summed E-state index contributed by atoms with van der Waals surface area (Å²) < 4.78 is 4.38. The van der Waals surface area contributed by atoms with Crippen molar-refractivity contribution in [2.24, 2.45) is 0 Å². The highest BCUT2D eigenvalue weighted by atomic mass is 32.1. The predicted molar refractivity (Wildman–Crippen MR) is 228 cm³/mol. The van der Waals surface area contributed by atoms with E-state index >= 15 is 0 Å². The third kappa shape index (κ3) is 4.08. The first-order valence-electron chi connectivity index (χ1n) is 18.5. The molecule has 0 aliphatic heterocycles. The second-order valence-electron chi connectivity index (χ2n) is 14.6. The first-order valence-corrected chi connectivity index (χ1v) is 20.1. The Balaban J connectivity index is 1.08. The van der Waals surface area contributed by atoms with Crippen LogP contribution < -0.4 is 0 Å². The molecule has 4 heteroatoms. The lowest BCUT2D eigenvalue weighted by atomic mass is 9.70. The summed E-state index contributed by atoms with van der Waals surface area (Å²) in [4.78, 5) is 29.5. The Hall–Kier alpha value is -6.46. The first-order chi connectivity index (χ1) is 27.1. The molecule has 0 N–H and O–H groups in total. The zero-order valence-corrected chi connectivity index (χ0v) is 30.9. The SMILES string of the molecule is O=C(c1ccc2c(c1)C1(c3ccccc3-2)c2ccccc2-c2ccc(C(=O)c3cccc4c3sc3ccccc34)cc21)c1cccc2c1sc1ccccc12. The van der Waals surface area contributed by atoms with Gasteiger partial charge < -0.3 is 0 Å². The Kier molecular flexibility index (Phi) is 6.35. The van der Waals surface area contributed by atoms with E-state index in [1.807, 2.05) is 36.4 Å². The summed E-state index contributed by atoms with van der Waals surface area (Å²) in [5.74, 6) is 0.0239. The highest BCUT2D eigenvalue weighted by Crippen LogP contribution is 2.63. The summed E-state index contributed by atoms with van der Waals surface area (Å²) >= 11 is 3.36. The van der Waals surface area contributed by atoms with Crippen LogP contribution in [0.25, 0.3) is 62.6 Å². The molecule has 2 aliphatic carbocycles. The molecule has 256 valence electrons. The average Bonchev–Trinajstić information content (AvgIpc) is 3.98. The van der Waals surface area contributed by atoms with Gasteiger partial charge in [-0.05, 0) is 80.9 Å². The van der Waals surface area contributed by atoms with Gasteiger partial charge in [-0.1, -0.05) is 133 Å². The monoisotopic (exact) mass is 736 g/mol. The Labute approximate surface area is 324 Å². The molecule has 55 heavy (non-hydrogen) atoms. The van der Waals surface area contributed by atoms with E-state index in [0.29, 0.717) is 11.1 Å². The molecule has 10 aromatic rings. The number of rotatable bonds is 4. The van der Waals surface area contributed by atoms with Crippen molar-refractivity contribution < 1.29 is 9.59 Å². The molecule has 1 spiro atoms. The van der Waals surface area contributed by atoms with E-state index in [9.17, 15) is 9.59 Å². The molecule has 0 radical (unpaired) electrons. The van der Waals surface area contributed by atoms with Crippen LogP contribution in [0.1, 0.15) is 54.1 Å². The van der Waals surface area contributed by atoms with E-state index in [1.165, 1.54) is 31.3 Å². The van der Waals surface area contributed by atoms with Gasteiger partial charge in [-0.15, -0.1) is 22.7 Å². The van der Waals surface area contributed by atoms with Crippen molar-refractivity contribution >= 4 is 74.6 Å². The Morgan fingerprint density at radius 3 is 1.25 bits per heavy atom. The maximum absolute atomic E-state index is 14.7. The summed E-state index contributed by atoms with van der Waals surface area (Å²) in [6, 6.07) is 58.7. The van der Waals surface area contributed by atoms with Gasteiger partial charge in [-0.25, -0.2) is 0 Å². The number of carbonyl (C=O) groups is 2. The topological polar surface area (TPSA) is 34.1 Å². The Morgan fingerprint density at radius 2 is 0.764 bits per heavy atom. The van der Waals surface area contributed by atoms with E-state index in [1.54, 1.807) is 22.7 Å². The minimum Gasteiger partial charge on any atom is -0.289 e. The fourth-order valence-electron chi connectivity index (χ4n) is 9.58. The summed E-state index contributed by atoms with van der Waals surface area (Å²) in [5.41, 5.74) is 11.1. The number of thiophene rings is 2. The fourth-order valence-corrected chi connectivity index (χ4v) is 12.0. The van der Waals surface area contributed by atoms with E-state index in [-0.39, 0.29) is 11.6 Å². The smallest absolute Gasteiger partial charge is 0.194 e. The minimum absolute atomic E-state index is 0.0120. The minimum atomic E-state index is -0.711. The predicted octanol–water partition coefficient (Wildman–Crippen LogP) is 13.2. The maximum atomic E-state index is 14.7. The van der Waals surface area contributed by atoms with Gasteiger partial charge in [-0.3, -0.25) is 9.59 Å². The number of benzene rings is 8. The summed E-state index contributed by atoms with van der Waals surface area (Å²) in [7, 11) is 0. The number of hydrogen-bond donors (Lipinski definition) is 0. The molecule has 0 saturated heterocycles. The molecular weight excluding hydrogens is 709 g/mol. The normalized spacial score (nSPS) is 13.4. The lowest BCUT2D eigenvalue weighted by molar-refractivity contribution is 0.103. The number of hydrogen-bond acceptors (Lipinski definition) is 4. The zero-order chi connectivity index (χ0) is 36.4. The summed E-state index contributed by atoms with van der Waals surface area (Å²) in [5, 5.41) is 4.57. The van der Waals surface area contributed by atoms with Crippen molar-refractivity contribution in [3.05, 3.63) is 214 Å². The van der Waals surface area contributed by atoms with Gasteiger partial charge in [0.25, 0.3) is 0 Å². The quantitative estimate of drug-likeness (QED) is 0.169. The average molecular weight is 737 g/mol. The zero-order valence-electron chi connectivity index (χ0n) is 29.3. The Morgan fingerprint density at radius 1 is 0.364 bits per heavy atom. The standard InChI is InChI=1S/C51H28O2S2/c52-47(39-17-9-15-37-35-13-3-7-21-45(35)54-49(37)39)29-23-25-33-31-11-1-5-19-41(31)51(43(33)27-29)42-20-6-2-12-32(42)34-26-24-30(28-44(34)51)48(53)40-18-10-16-38-36-14-4-8-22-46(36)55-50(38)40/h1-28H. The van der Waals surface area contributed by atoms with Crippen molar-refractivity contribution in [3.8, 4) is 22.3 Å². The molecule has 0 atom stereocenters. The molecule has 0 fully saturated rings. The van der Waals surface area contributed by atoms with E-state index in [4.69, 9.17) is 0 Å². The van der Waals surface area contributed by atoms with Crippen LogP contribution in [0.5, 0.6) is 0 Å². The van der Waals surface area contributed by atoms with Crippen molar-refractivity contribution in [1.82, 2.24) is 0 Å². The lowest BCUT2D eigenvalue weighted by Gasteiger charge is -2.31. The highest BCUT2D eigenvalue weighted by molar-refractivity contribution is 7.26. The van der Waals surface area contributed by atoms with Crippen LogP contribution >= 0.6 is 22.7 Å². The van der Waals surface area contributed by atoms with Crippen LogP contribution in [0.15, 0.2) is 170 Å². The second-order valence-corrected chi connectivity index (χ2v) is 16.7. The lowest BCUT2D eigenvalue weighted by Crippen LogP contribution is -2.26. The molecule has 0 unspecified atom stereocenters. The molecule has 8 aromatic carbocycles. The van der Waals surface area contributed by atoms with Gasteiger partial charge in [0.15, 0.2) is 11.6 Å². The van der Waals surface area contributed by atoms with Gasteiger partial charge in [0.2, 0.25) is 0 Å². The van der Waals surface area contributed by atoms with Gasteiger partial charge in [0.1, 0.15) is 0 Å². The molecule has 0 amide bonds. The van der Waals surface area contributed by atoms with E-state index in [0.717, 1.165) is 64.7 Å². The van der Waals surface area contributed by atoms with Crippen LogP contribution in [-0.2, 0) is 5.41 Å². The van der Waals surface area contributed by atoms with Gasteiger partial charge >= 0.3 is 0 Å². The maximum Gasteiger partial charge on any atom is 0.194 e. The van der Waals surface area contributed by atoms with E-state index < -0.39 is 5.41 Å². The van der Waals surface area contributed by atoms with Crippen molar-refractivity contribution in [3.63, 3.8) is 0 Å². The molecule has 12 rings (SSSR count). The van der Waals surface area contributed by atoms with Crippen LogP contribution in [0.3, 0.4) is 0 Å². The third-order valence-electron chi connectivity index (χ3n) is 11.9. The molecule has 0 bridgehead atoms. The van der Waals surface area contributed by atoms with E-state index in [2.05, 4.69) is 133 Å². The third-order valence-corrected chi connectivity index (χ3v) is 14.4. The molecule has 0 saturated carbocycles. The van der Waals surface area contributed by atoms with Crippen LogP contribution in [0.2, 0.25) is 0 Å².